The lowest BCUT2D eigenvalue weighted by molar-refractivity contribution is 0.0737. The summed E-state index contributed by atoms with van der Waals surface area (Å²) in [6, 6.07) is 10.6. The average Bonchev–Trinajstić information content (AvgIpc) is 3.06. The Morgan fingerprint density at radius 2 is 1.77 bits per heavy atom. The van der Waals surface area contributed by atoms with Crippen molar-refractivity contribution in [3.8, 4) is 0 Å². The fourth-order valence-electron chi connectivity index (χ4n) is 4.85. The molecule has 1 atom stereocenters. The van der Waals surface area contributed by atoms with Crippen LogP contribution in [0.5, 0.6) is 0 Å². The summed E-state index contributed by atoms with van der Waals surface area (Å²) in [6.07, 6.45) is 3.02. The highest BCUT2D eigenvalue weighted by Crippen LogP contribution is 2.30. The summed E-state index contributed by atoms with van der Waals surface area (Å²) in [7, 11) is 0. The molecule has 0 radical (unpaired) electrons. The Morgan fingerprint density at radius 3 is 2.47 bits per heavy atom. The number of benzene rings is 1. The number of rotatable bonds is 6. The van der Waals surface area contributed by atoms with Crippen LogP contribution < -0.4 is 4.90 Å². The number of para-hydroxylation sites is 1. The van der Waals surface area contributed by atoms with Crippen LogP contribution in [0.1, 0.15) is 47.5 Å². The van der Waals surface area contributed by atoms with E-state index in [1.807, 2.05) is 22.6 Å². The Labute approximate surface area is 179 Å². The molecule has 2 aromatic rings. The van der Waals surface area contributed by atoms with Gasteiger partial charge in [0.25, 0.3) is 5.91 Å². The minimum Gasteiger partial charge on any atom is -0.387 e. The first-order valence-corrected chi connectivity index (χ1v) is 11.3. The molecular weight excluding hydrogens is 376 g/mol. The van der Waals surface area contributed by atoms with Crippen LogP contribution in [0.25, 0.3) is 0 Å². The van der Waals surface area contributed by atoms with E-state index in [4.69, 9.17) is 0 Å². The van der Waals surface area contributed by atoms with Gasteiger partial charge in [-0.2, -0.15) is 0 Å². The molecule has 1 saturated heterocycles. The van der Waals surface area contributed by atoms with Crippen molar-refractivity contribution >= 4 is 11.6 Å². The Hall–Kier alpha value is -2.31. The monoisotopic (exact) mass is 410 g/mol. The van der Waals surface area contributed by atoms with Gasteiger partial charge in [0.2, 0.25) is 0 Å². The van der Waals surface area contributed by atoms with Crippen LogP contribution in [-0.4, -0.2) is 71.2 Å². The van der Waals surface area contributed by atoms with Crippen LogP contribution >= 0.6 is 0 Å². The molecule has 1 aromatic carbocycles. The fourth-order valence-corrected chi connectivity index (χ4v) is 4.85. The molecule has 30 heavy (non-hydrogen) atoms. The Balaban J connectivity index is 1.30. The summed E-state index contributed by atoms with van der Waals surface area (Å²) in [5, 5.41) is 10.6. The maximum absolute atomic E-state index is 13.2. The number of piperazine rings is 1. The van der Waals surface area contributed by atoms with Crippen molar-refractivity contribution in [1.29, 1.82) is 0 Å². The van der Waals surface area contributed by atoms with Crippen LogP contribution in [-0.2, 0) is 6.54 Å². The fraction of sp³-hybridized carbons (Fsp3) is 0.542. The number of carbonyl (C=O) groups is 1. The van der Waals surface area contributed by atoms with E-state index in [9.17, 15) is 9.90 Å². The molecule has 1 aromatic heterocycles. The van der Waals surface area contributed by atoms with E-state index in [2.05, 4.69) is 47.1 Å². The van der Waals surface area contributed by atoms with Gasteiger partial charge < -0.3 is 19.5 Å². The summed E-state index contributed by atoms with van der Waals surface area (Å²) in [4.78, 5) is 20.1. The summed E-state index contributed by atoms with van der Waals surface area (Å²) in [5.74, 6) is 0.0835. The molecule has 2 aliphatic rings. The lowest BCUT2D eigenvalue weighted by atomic mass is 10.1. The quantitative estimate of drug-likeness (QED) is 0.796. The molecule has 1 unspecified atom stereocenters. The van der Waals surface area contributed by atoms with E-state index >= 15 is 0 Å². The molecule has 4 rings (SSSR count). The van der Waals surface area contributed by atoms with Crippen LogP contribution in [0.15, 0.2) is 36.5 Å². The van der Waals surface area contributed by atoms with Crippen molar-refractivity contribution in [2.45, 2.75) is 39.3 Å². The predicted molar refractivity (Wildman–Crippen MR) is 120 cm³/mol. The maximum Gasteiger partial charge on any atom is 0.256 e. The van der Waals surface area contributed by atoms with Crippen molar-refractivity contribution in [2.24, 2.45) is 0 Å². The minimum absolute atomic E-state index is 0.0835. The number of aliphatic hydroxyl groups is 1. The number of anilines is 1. The van der Waals surface area contributed by atoms with E-state index in [0.717, 1.165) is 69.1 Å². The van der Waals surface area contributed by atoms with Gasteiger partial charge in [0.1, 0.15) is 0 Å². The average molecular weight is 411 g/mol. The third kappa shape index (κ3) is 4.25. The topological polar surface area (TPSA) is 52.0 Å². The van der Waals surface area contributed by atoms with Crippen molar-refractivity contribution in [1.82, 2.24) is 14.4 Å². The lowest BCUT2D eigenvalue weighted by Gasteiger charge is -2.36. The molecule has 162 valence electrons. The number of amides is 1. The molecule has 0 bridgehead atoms. The number of hydrogen-bond acceptors (Lipinski definition) is 4. The van der Waals surface area contributed by atoms with Gasteiger partial charge in [0.05, 0.1) is 17.4 Å². The maximum atomic E-state index is 13.2. The SMILES string of the molecule is CCn1cc(C)c2c1C(O)CCN(CCCN1CCN(c3ccccc3)CC1)C2=O. The third-order valence-electron chi connectivity index (χ3n) is 6.54. The molecule has 1 N–H and O–H groups in total. The second kappa shape index (κ2) is 9.23. The number of hydrogen-bond donors (Lipinski definition) is 1. The summed E-state index contributed by atoms with van der Waals surface area (Å²) in [5.41, 5.74) is 3.80. The van der Waals surface area contributed by atoms with Crippen molar-refractivity contribution in [2.75, 3.05) is 50.7 Å². The van der Waals surface area contributed by atoms with Gasteiger partial charge in [0.15, 0.2) is 0 Å². The molecule has 1 amide bonds. The van der Waals surface area contributed by atoms with Gasteiger partial charge in [0, 0.05) is 57.7 Å². The van der Waals surface area contributed by atoms with Gasteiger partial charge in [-0.25, -0.2) is 0 Å². The number of nitrogens with zero attached hydrogens (tertiary/aromatic N) is 4. The van der Waals surface area contributed by atoms with Crippen molar-refractivity contribution in [3.05, 3.63) is 53.3 Å². The first-order chi connectivity index (χ1) is 14.6. The Morgan fingerprint density at radius 1 is 1.03 bits per heavy atom. The van der Waals surface area contributed by atoms with Crippen molar-refractivity contribution in [3.63, 3.8) is 0 Å². The minimum atomic E-state index is -0.561. The number of aliphatic hydroxyl groups excluding tert-OH is 1. The first kappa shape index (κ1) is 20.9. The molecule has 2 aliphatic heterocycles. The molecule has 6 nitrogen and oxygen atoms in total. The highest BCUT2D eigenvalue weighted by molar-refractivity contribution is 5.97. The third-order valence-corrected chi connectivity index (χ3v) is 6.54. The van der Waals surface area contributed by atoms with E-state index in [-0.39, 0.29) is 5.91 Å². The Bertz CT molecular complexity index is 856. The number of aryl methyl sites for hydroxylation is 2. The molecule has 1 fully saturated rings. The van der Waals surface area contributed by atoms with E-state index in [1.165, 1.54) is 5.69 Å². The van der Waals surface area contributed by atoms with Gasteiger partial charge >= 0.3 is 0 Å². The van der Waals surface area contributed by atoms with E-state index in [0.29, 0.717) is 13.0 Å². The van der Waals surface area contributed by atoms with Crippen LogP contribution in [0.4, 0.5) is 5.69 Å². The van der Waals surface area contributed by atoms with Crippen LogP contribution in [0.2, 0.25) is 0 Å². The van der Waals surface area contributed by atoms with E-state index in [1.54, 1.807) is 0 Å². The smallest absolute Gasteiger partial charge is 0.256 e. The largest absolute Gasteiger partial charge is 0.387 e. The summed E-state index contributed by atoms with van der Waals surface area (Å²) in [6.45, 7) is 11.4. The van der Waals surface area contributed by atoms with Gasteiger partial charge in [-0.05, 0) is 50.9 Å². The zero-order valence-electron chi connectivity index (χ0n) is 18.3. The molecule has 0 saturated carbocycles. The number of carbonyl (C=O) groups excluding carboxylic acids is 1. The highest BCUT2D eigenvalue weighted by Gasteiger charge is 2.31. The van der Waals surface area contributed by atoms with Crippen LogP contribution in [0.3, 0.4) is 0 Å². The molecule has 0 aliphatic carbocycles. The Kier molecular flexibility index (Phi) is 6.44. The second-order valence-corrected chi connectivity index (χ2v) is 8.47. The van der Waals surface area contributed by atoms with Gasteiger partial charge in [-0.1, -0.05) is 18.2 Å². The normalized spacial score (nSPS) is 20.4. The van der Waals surface area contributed by atoms with Gasteiger partial charge in [-0.3, -0.25) is 9.69 Å². The highest BCUT2D eigenvalue weighted by atomic mass is 16.3. The zero-order valence-corrected chi connectivity index (χ0v) is 18.3. The number of aromatic nitrogens is 1. The van der Waals surface area contributed by atoms with E-state index < -0.39 is 6.10 Å². The molecule has 3 heterocycles. The van der Waals surface area contributed by atoms with Crippen molar-refractivity contribution < 1.29 is 9.90 Å². The standard InChI is InChI=1S/C24H34N4O2/c1-3-26-18-19(2)22-23(26)21(29)10-13-28(24(22)30)12-7-11-25-14-16-27(17-15-25)20-8-5-4-6-9-20/h4-6,8-9,18,21,29H,3,7,10-17H2,1-2H3. The molecular formula is C24H34N4O2. The first-order valence-electron chi connectivity index (χ1n) is 11.3. The predicted octanol–water partition coefficient (Wildman–Crippen LogP) is 2.91. The number of fused-ring (bicyclic) bond motifs is 1. The summed E-state index contributed by atoms with van der Waals surface area (Å²) >= 11 is 0. The van der Waals surface area contributed by atoms with Crippen LogP contribution in [0, 0.1) is 6.92 Å². The molecule has 0 spiro atoms. The lowest BCUT2D eigenvalue weighted by Crippen LogP contribution is -2.47. The molecule has 6 heteroatoms. The summed E-state index contributed by atoms with van der Waals surface area (Å²) < 4.78 is 2.03. The second-order valence-electron chi connectivity index (χ2n) is 8.47. The zero-order chi connectivity index (χ0) is 21.1. The van der Waals surface area contributed by atoms with Gasteiger partial charge in [-0.15, -0.1) is 0 Å².